The number of hydrogen-bond acceptors (Lipinski definition) is 4. The second kappa shape index (κ2) is 9.99. The highest BCUT2D eigenvalue weighted by atomic mass is 16.3. The molecule has 3 aromatic rings. The lowest BCUT2D eigenvalue weighted by Gasteiger charge is -2.19. The van der Waals surface area contributed by atoms with Crippen molar-refractivity contribution < 1.29 is 18.8 Å². The van der Waals surface area contributed by atoms with E-state index in [1.165, 1.54) is 12.2 Å². The minimum atomic E-state index is -0.501. The van der Waals surface area contributed by atoms with E-state index in [1.807, 2.05) is 12.1 Å². The average Bonchev–Trinajstić information content (AvgIpc) is 3.21. The first-order valence-electron chi connectivity index (χ1n) is 10.5. The molecule has 0 aliphatic carbocycles. The Morgan fingerprint density at radius 2 is 1.39 bits per heavy atom. The van der Waals surface area contributed by atoms with Gasteiger partial charge in [0.25, 0.3) is 17.7 Å². The Morgan fingerprint density at radius 3 is 1.97 bits per heavy atom. The first kappa shape index (κ1) is 23.5. The number of benzene rings is 2. The number of furan rings is 1. The maximum Gasteiger partial charge on any atom is 0.269 e. The van der Waals surface area contributed by atoms with Crippen molar-refractivity contribution in [1.29, 1.82) is 0 Å². The fourth-order valence-corrected chi connectivity index (χ4v) is 2.96. The molecule has 7 nitrogen and oxygen atoms in total. The molecule has 1 heterocycles. The molecule has 0 spiro atoms. The largest absolute Gasteiger partial charge is 0.462 e. The van der Waals surface area contributed by atoms with Crippen molar-refractivity contribution in [2.75, 3.05) is 5.32 Å². The summed E-state index contributed by atoms with van der Waals surface area (Å²) in [7, 11) is 0. The molecule has 0 saturated carbocycles. The van der Waals surface area contributed by atoms with Crippen molar-refractivity contribution in [1.82, 2.24) is 10.9 Å². The summed E-state index contributed by atoms with van der Waals surface area (Å²) in [6.07, 6.45) is 2.76. The summed E-state index contributed by atoms with van der Waals surface area (Å²) in [5, 5.41) is 2.81. The molecule has 0 bridgehead atoms. The lowest BCUT2D eigenvalue weighted by molar-refractivity contribution is -0.117. The SMILES string of the molecule is Cc1ccc(C=CC(=O)NNC(=O)c2ccc(NC(=O)c3ccc(C(C)(C)C)cc3)cc2)o1. The van der Waals surface area contributed by atoms with Gasteiger partial charge in [-0.05, 0) is 72.5 Å². The van der Waals surface area contributed by atoms with Gasteiger partial charge in [-0.15, -0.1) is 0 Å². The maximum absolute atomic E-state index is 12.5. The van der Waals surface area contributed by atoms with Gasteiger partial charge in [-0.25, -0.2) is 0 Å². The minimum Gasteiger partial charge on any atom is -0.462 e. The summed E-state index contributed by atoms with van der Waals surface area (Å²) >= 11 is 0. The van der Waals surface area contributed by atoms with Gasteiger partial charge in [0.1, 0.15) is 11.5 Å². The summed E-state index contributed by atoms with van der Waals surface area (Å²) in [5.74, 6) is 0.0525. The van der Waals surface area contributed by atoms with Crippen molar-refractivity contribution in [3.63, 3.8) is 0 Å². The molecule has 0 unspecified atom stereocenters. The molecule has 33 heavy (non-hydrogen) atoms. The van der Waals surface area contributed by atoms with Crippen molar-refractivity contribution >= 4 is 29.5 Å². The van der Waals surface area contributed by atoms with E-state index in [-0.39, 0.29) is 11.3 Å². The highest BCUT2D eigenvalue weighted by molar-refractivity contribution is 6.04. The minimum absolute atomic E-state index is 0.0136. The smallest absolute Gasteiger partial charge is 0.269 e. The second-order valence-corrected chi connectivity index (χ2v) is 8.58. The van der Waals surface area contributed by atoms with Crippen LogP contribution in [0.25, 0.3) is 6.08 Å². The average molecular weight is 446 g/mol. The van der Waals surface area contributed by atoms with Gasteiger partial charge in [-0.1, -0.05) is 32.9 Å². The van der Waals surface area contributed by atoms with E-state index in [1.54, 1.807) is 55.5 Å². The lowest BCUT2D eigenvalue weighted by atomic mass is 9.87. The molecule has 2 aromatic carbocycles. The van der Waals surface area contributed by atoms with Gasteiger partial charge in [-0.2, -0.15) is 0 Å². The molecule has 0 fully saturated rings. The van der Waals surface area contributed by atoms with Crippen molar-refractivity contribution in [3.05, 3.63) is 95.0 Å². The summed E-state index contributed by atoms with van der Waals surface area (Å²) in [4.78, 5) is 36.6. The first-order valence-corrected chi connectivity index (χ1v) is 10.5. The zero-order valence-electron chi connectivity index (χ0n) is 19.1. The molecule has 7 heteroatoms. The van der Waals surface area contributed by atoms with Gasteiger partial charge in [0.15, 0.2) is 0 Å². The fraction of sp³-hybridized carbons (Fsp3) is 0.192. The third kappa shape index (κ3) is 6.67. The molecule has 0 atom stereocenters. The highest BCUT2D eigenvalue weighted by Crippen LogP contribution is 2.22. The Balaban J connectivity index is 1.51. The Hall–Kier alpha value is -4.13. The Bertz CT molecular complexity index is 1170. The molecule has 1 aromatic heterocycles. The Labute approximate surface area is 192 Å². The highest BCUT2D eigenvalue weighted by Gasteiger charge is 2.14. The third-order valence-electron chi connectivity index (χ3n) is 4.88. The number of rotatable bonds is 5. The van der Waals surface area contributed by atoms with Crippen LogP contribution in [0.1, 0.15) is 58.6 Å². The first-order chi connectivity index (χ1) is 15.6. The number of nitrogens with one attached hydrogen (secondary N) is 3. The molecule has 0 radical (unpaired) electrons. The van der Waals surface area contributed by atoms with Crippen LogP contribution < -0.4 is 16.2 Å². The van der Waals surface area contributed by atoms with Crippen LogP contribution in [0.2, 0.25) is 0 Å². The van der Waals surface area contributed by atoms with Crippen LogP contribution >= 0.6 is 0 Å². The van der Waals surface area contributed by atoms with Crippen molar-refractivity contribution in [3.8, 4) is 0 Å². The van der Waals surface area contributed by atoms with E-state index in [0.29, 0.717) is 22.6 Å². The molecule has 3 N–H and O–H groups in total. The number of hydrazine groups is 1. The molecule has 0 saturated heterocycles. The normalized spacial score (nSPS) is 11.3. The fourth-order valence-electron chi connectivity index (χ4n) is 2.96. The number of anilines is 1. The van der Waals surface area contributed by atoms with Crippen molar-refractivity contribution in [2.45, 2.75) is 33.1 Å². The topological polar surface area (TPSA) is 100 Å². The Morgan fingerprint density at radius 1 is 0.788 bits per heavy atom. The Kier molecular flexibility index (Phi) is 7.13. The van der Waals surface area contributed by atoms with E-state index >= 15 is 0 Å². The zero-order chi connectivity index (χ0) is 24.0. The van der Waals surface area contributed by atoms with E-state index in [2.05, 4.69) is 36.9 Å². The summed E-state index contributed by atoms with van der Waals surface area (Å²) in [6.45, 7) is 8.15. The van der Waals surface area contributed by atoms with Crippen LogP contribution in [0.4, 0.5) is 5.69 Å². The third-order valence-corrected chi connectivity index (χ3v) is 4.88. The standard InChI is InChI=1S/C26H27N3O4/c1-17-5-14-22(33-17)15-16-23(30)28-29-25(32)19-8-12-21(13-9-19)27-24(31)18-6-10-20(11-7-18)26(2,3)4/h5-16H,1-4H3,(H,27,31)(H,28,30)(H,29,32). The van der Waals surface area contributed by atoms with Gasteiger partial charge >= 0.3 is 0 Å². The van der Waals surface area contributed by atoms with Crippen LogP contribution in [-0.4, -0.2) is 17.7 Å². The lowest BCUT2D eigenvalue weighted by Crippen LogP contribution is -2.40. The maximum atomic E-state index is 12.5. The molecular weight excluding hydrogens is 418 g/mol. The molecule has 3 amide bonds. The summed E-state index contributed by atoms with van der Waals surface area (Å²) in [5.41, 5.74) is 7.23. The van der Waals surface area contributed by atoms with Crippen LogP contribution in [0, 0.1) is 6.92 Å². The molecule has 0 aliphatic heterocycles. The monoisotopic (exact) mass is 445 g/mol. The number of carbonyl (C=O) groups is 3. The van der Waals surface area contributed by atoms with E-state index < -0.39 is 11.8 Å². The van der Waals surface area contributed by atoms with E-state index in [0.717, 1.165) is 11.3 Å². The molecule has 0 aliphatic rings. The van der Waals surface area contributed by atoms with Crippen LogP contribution in [0.15, 0.2) is 71.2 Å². The molecule has 3 rings (SSSR count). The predicted octanol–water partition coefficient (Wildman–Crippen LogP) is 4.61. The van der Waals surface area contributed by atoms with Gasteiger partial charge in [0.2, 0.25) is 0 Å². The van der Waals surface area contributed by atoms with E-state index in [9.17, 15) is 14.4 Å². The molecular formula is C26H27N3O4. The quantitative estimate of drug-likeness (QED) is 0.394. The van der Waals surface area contributed by atoms with Crippen LogP contribution in [-0.2, 0) is 10.2 Å². The van der Waals surface area contributed by atoms with Gasteiger partial charge < -0.3 is 9.73 Å². The second-order valence-electron chi connectivity index (χ2n) is 8.58. The summed E-state index contributed by atoms with van der Waals surface area (Å²) < 4.78 is 5.33. The predicted molar refractivity (Wildman–Crippen MR) is 128 cm³/mol. The van der Waals surface area contributed by atoms with Crippen LogP contribution in [0.5, 0.6) is 0 Å². The van der Waals surface area contributed by atoms with Gasteiger partial charge in [0, 0.05) is 22.9 Å². The van der Waals surface area contributed by atoms with Gasteiger partial charge in [-0.3, -0.25) is 25.2 Å². The summed E-state index contributed by atoms with van der Waals surface area (Å²) in [6, 6.07) is 17.4. The van der Waals surface area contributed by atoms with Crippen LogP contribution in [0.3, 0.4) is 0 Å². The number of amides is 3. The van der Waals surface area contributed by atoms with E-state index in [4.69, 9.17) is 4.42 Å². The number of hydrogen-bond donors (Lipinski definition) is 3. The zero-order valence-corrected chi connectivity index (χ0v) is 19.1. The van der Waals surface area contributed by atoms with Crippen molar-refractivity contribution in [2.24, 2.45) is 0 Å². The molecule has 170 valence electrons. The van der Waals surface area contributed by atoms with Gasteiger partial charge in [0.05, 0.1) is 0 Å². The number of aryl methyl sites for hydroxylation is 1. The number of carbonyl (C=O) groups excluding carboxylic acids is 3.